The molecule has 0 bridgehead atoms. The molecule has 1 amide bonds. The maximum Gasteiger partial charge on any atom is 0.264 e. The molecule has 0 aliphatic heterocycles. The molecule has 0 saturated carbocycles. The molecular formula is C31H31N3O5S. The number of carbonyl (C=O) groups is 1. The maximum atomic E-state index is 13.6. The molecule has 4 aromatic rings. The van der Waals surface area contributed by atoms with Gasteiger partial charge >= 0.3 is 0 Å². The van der Waals surface area contributed by atoms with Crippen molar-refractivity contribution < 1.29 is 22.7 Å². The third-order valence-electron chi connectivity index (χ3n) is 6.09. The lowest BCUT2D eigenvalue weighted by molar-refractivity contribution is -0.119. The molecule has 8 nitrogen and oxygen atoms in total. The molecule has 206 valence electrons. The Morgan fingerprint density at radius 3 is 2.27 bits per heavy atom. The lowest BCUT2D eigenvalue weighted by atomic mass is 10.1. The quantitative estimate of drug-likeness (QED) is 0.191. The Morgan fingerprint density at radius 1 is 0.900 bits per heavy atom. The Bertz CT molecular complexity index is 1560. The van der Waals surface area contributed by atoms with Crippen molar-refractivity contribution in [1.82, 2.24) is 5.43 Å². The van der Waals surface area contributed by atoms with Crippen LogP contribution in [0.5, 0.6) is 11.5 Å². The summed E-state index contributed by atoms with van der Waals surface area (Å²) in [6.45, 7) is 1.88. The summed E-state index contributed by atoms with van der Waals surface area (Å²) < 4.78 is 39.6. The molecule has 0 spiro atoms. The van der Waals surface area contributed by atoms with E-state index in [0.717, 1.165) is 15.4 Å². The second-order valence-electron chi connectivity index (χ2n) is 8.78. The van der Waals surface area contributed by atoms with Crippen molar-refractivity contribution in [3.05, 3.63) is 120 Å². The first-order valence-electron chi connectivity index (χ1n) is 12.7. The number of sulfonamides is 1. The number of anilines is 1. The van der Waals surface area contributed by atoms with E-state index < -0.39 is 22.5 Å². The highest BCUT2D eigenvalue weighted by Crippen LogP contribution is 2.29. The van der Waals surface area contributed by atoms with Crippen molar-refractivity contribution in [3.63, 3.8) is 0 Å². The van der Waals surface area contributed by atoms with Crippen LogP contribution in [0.2, 0.25) is 0 Å². The van der Waals surface area contributed by atoms with Crippen LogP contribution < -0.4 is 19.2 Å². The molecule has 0 unspecified atom stereocenters. The summed E-state index contributed by atoms with van der Waals surface area (Å²) >= 11 is 0. The zero-order valence-electron chi connectivity index (χ0n) is 22.4. The van der Waals surface area contributed by atoms with Gasteiger partial charge < -0.3 is 9.47 Å². The van der Waals surface area contributed by atoms with Gasteiger partial charge in [-0.05, 0) is 59.5 Å². The van der Waals surface area contributed by atoms with E-state index >= 15 is 0 Å². The fraction of sp³-hybridized carbons (Fsp3) is 0.161. The predicted octanol–water partition coefficient (Wildman–Crippen LogP) is 5.18. The molecule has 4 rings (SSSR count). The standard InChI is InChI=1S/C31H31N3O5S/c1-3-26-14-10-11-17-28(26)34(40(36,37)27-15-8-5-9-16-27)22-31(35)33-32-21-25-18-19-29(30(20-25)38-2)39-23-24-12-6-4-7-13-24/h4-21H,3,22-23H2,1-2H3,(H,33,35)/b32-21-. The molecule has 0 fully saturated rings. The van der Waals surface area contributed by atoms with Gasteiger partial charge in [0.15, 0.2) is 11.5 Å². The molecule has 0 aromatic heterocycles. The molecule has 0 heterocycles. The van der Waals surface area contributed by atoms with E-state index in [-0.39, 0.29) is 4.90 Å². The monoisotopic (exact) mass is 557 g/mol. The third-order valence-corrected chi connectivity index (χ3v) is 7.86. The van der Waals surface area contributed by atoms with Gasteiger partial charge in [0.05, 0.1) is 23.9 Å². The molecule has 40 heavy (non-hydrogen) atoms. The maximum absolute atomic E-state index is 13.6. The molecule has 0 radical (unpaired) electrons. The second kappa shape index (κ2) is 13.4. The van der Waals surface area contributed by atoms with Crippen molar-refractivity contribution in [2.45, 2.75) is 24.8 Å². The summed E-state index contributed by atoms with van der Waals surface area (Å²) in [4.78, 5) is 13.0. The average Bonchev–Trinajstić information content (AvgIpc) is 3.00. The van der Waals surface area contributed by atoms with Crippen LogP contribution in [0.15, 0.2) is 113 Å². The van der Waals surface area contributed by atoms with Crippen molar-refractivity contribution in [1.29, 1.82) is 0 Å². The van der Waals surface area contributed by atoms with Gasteiger partial charge in [-0.3, -0.25) is 9.10 Å². The Kier molecular flexibility index (Phi) is 9.53. The Morgan fingerprint density at radius 2 is 1.57 bits per heavy atom. The Labute approximate surface area is 234 Å². The molecule has 0 aliphatic carbocycles. The number of carbonyl (C=O) groups excluding carboxylic acids is 1. The minimum Gasteiger partial charge on any atom is -0.493 e. The van der Waals surface area contributed by atoms with Gasteiger partial charge in [0.1, 0.15) is 13.2 Å². The van der Waals surface area contributed by atoms with E-state index in [1.165, 1.54) is 18.3 Å². The van der Waals surface area contributed by atoms with E-state index in [0.29, 0.717) is 35.8 Å². The van der Waals surface area contributed by atoms with Crippen molar-refractivity contribution in [2.24, 2.45) is 5.10 Å². The number of nitrogens with zero attached hydrogens (tertiary/aromatic N) is 2. The van der Waals surface area contributed by atoms with Crippen molar-refractivity contribution in [2.75, 3.05) is 18.0 Å². The summed E-state index contributed by atoms with van der Waals surface area (Å²) in [7, 11) is -2.46. The first-order valence-corrected chi connectivity index (χ1v) is 14.2. The van der Waals surface area contributed by atoms with E-state index in [2.05, 4.69) is 10.5 Å². The number of benzene rings is 4. The van der Waals surface area contributed by atoms with Crippen LogP contribution in [-0.4, -0.2) is 34.2 Å². The van der Waals surface area contributed by atoms with Crippen LogP contribution in [0.4, 0.5) is 5.69 Å². The minimum atomic E-state index is -4.01. The second-order valence-corrected chi connectivity index (χ2v) is 10.6. The lowest BCUT2D eigenvalue weighted by Gasteiger charge is -2.25. The summed E-state index contributed by atoms with van der Waals surface area (Å²) in [6.07, 6.45) is 2.06. The fourth-order valence-electron chi connectivity index (χ4n) is 4.04. The SMILES string of the molecule is CCc1ccccc1N(CC(=O)N/N=C\c1ccc(OCc2ccccc2)c(OC)c1)S(=O)(=O)c1ccccc1. The van der Waals surface area contributed by atoms with E-state index in [9.17, 15) is 13.2 Å². The van der Waals surface area contributed by atoms with Gasteiger partial charge in [-0.1, -0.05) is 73.7 Å². The highest BCUT2D eigenvalue weighted by atomic mass is 32.2. The van der Waals surface area contributed by atoms with Crippen LogP contribution in [0, 0.1) is 0 Å². The molecule has 1 N–H and O–H groups in total. The normalized spacial score (nSPS) is 11.2. The van der Waals surface area contributed by atoms with Gasteiger partial charge in [0.25, 0.3) is 15.9 Å². The highest BCUT2D eigenvalue weighted by molar-refractivity contribution is 7.92. The van der Waals surface area contributed by atoms with Gasteiger partial charge in [-0.25, -0.2) is 13.8 Å². The van der Waals surface area contributed by atoms with Crippen molar-refractivity contribution >= 4 is 27.8 Å². The van der Waals surface area contributed by atoms with Crippen LogP contribution in [0.25, 0.3) is 0 Å². The van der Waals surface area contributed by atoms with E-state index in [4.69, 9.17) is 9.47 Å². The smallest absolute Gasteiger partial charge is 0.264 e. The number of aryl methyl sites for hydroxylation is 1. The lowest BCUT2D eigenvalue weighted by Crippen LogP contribution is -2.40. The molecule has 0 aliphatic rings. The van der Waals surface area contributed by atoms with Crippen LogP contribution in [-0.2, 0) is 27.8 Å². The summed E-state index contributed by atoms with van der Waals surface area (Å²) in [5.74, 6) is 0.503. The molecule has 9 heteroatoms. The third kappa shape index (κ3) is 7.06. The van der Waals surface area contributed by atoms with Gasteiger partial charge in [0, 0.05) is 0 Å². The van der Waals surface area contributed by atoms with E-state index in [1.54, 1.807) is 55.6 Å². The van der Waals surface area contributed by atoms with E-state index in [1.807, 2.05) is 49.4 Å². The Hall–Kier alpha value is -4.63. The van der Waals surface area contributed by atoms with Gasteiger partial charge in [-0.2, -0.15) is 5.10 Å². The minimum absolute atomic E-state index is 0.0962. The number of hydrogen-bond donors (Lipinski definition) is 1. The molecular weight excluding hydrogens is 526 g/mol. The number of nitrogens with one attached hydrogen (secondary N) is 1. The van der Waals surface area contributed by atoms with Gasteiger partial charge in [0.2, 0.25) is 0 Å². The first-order chi connectivity index (χ1) is 19.4. The average molecular weight is 558 g/mol. The first kappa shape index (κ1) is 28.4. The number of methoxy groups -OCH3 is 1. The van der Waals surface area contributed by atoms with Crippen LogP contribution in [0.1, 0.15) is 23.6 Å². The number of para-hydroxylation sites is 1. The summed E-state index contributed by atoms with van der Waals surface area (Å²) in [5, 5.41) is 4.04. The molecule has 4 aromatic carbocycles. The van der Waals surface area contributed by atoms with Gasteiger partial charge in [-0.15, -0.1) is 0 Å². The van der Waals surface area contributed by atoms with Crippen LogP contribution in [0.3, 0.4) is 0 Å². The summed E-state index contributed by atoms with van der Waals surface area (Å²) in [5.41, 5.74) is 5.39. The summed E-state index contributed by atoms with van der Waals surface area (Å²) in [6, 6.07) is 30.2. The largest absolute Gasteiger partial charge is 0.493 e. The van der Waals surface area contributed by atoms with Crippen molar-refractivity contribution in [3.8, 4) is 11.5 Å². The number of amides is 1. The number of ether oxygens (including phenoxy) is 2. The highest BCUT2D eigenvalue weighted by Gasteiger charge is 2.28. The fourth-order valence-corrected chi connectivity index (χ4v) is 5.52. The predicted molar refractivity (Wildman–Crippen MR) is 156 cm³/mol. The number of hydrazone groups is 1. The Balaban J connectivity index is 1.47. The number of rotatable bonds is 12. The number of hydrogen-bond acceptors (Lipinski definition) is 6. The molecule has 0 atom stereocenters. The topological polar surface area (TPSA) is 97.3 Å². The van der Waals surface area contributed by atoms with Crippen LogP contribution >= 0.6 is 0 Å². The zero-order chi connectivity index (χ0) is 28.4. The molecule has 0 saturated heterocycles. The zero-order valence-corrected chi connectivity index (χ0v) is 23.2.